The number of fused-ring (bicyclic) bond motifs is 5. The van der Waals surface area contributed by atoms with E-state index in [0.29, 0.717) is 43.1 Å². The molecule has 4 rings (SSSR count). The van der Waals surface area contributed by atoms with E-state index in [1.54, 1.807) is 25.4 Å². The number of aliphatic imine (C=N–C) groups is 1. The van der Waals surface area contributed by atoms with Crippen molar-refractivity contribution >= 4 is 53.4 Å². The number of carbonyl (C=O) groups is 2. The van der Waals surface area contributed by atoms with Crippen LogP contribution in [0.25, 0.3) is 0 Å². The molecule has 30 heavy (non-hydrogen) atoms. The van der Waals surface area contributed by atoms with Gasteiger partial charge >= 0.3 is 0 Å². The summed E-state index contributed by atoms with van der Waals surface area (Å²) in [5.41, 5.74) is 0. The first-order valence-corrected chi connectivity index (χ1v) is 10.2. The van der Waals surface area contributed by atoms with E-state index in [4.69, 9.17) is 16.3 Å². The van der Waals surface area contributed by atoms with Crippen molar-refractivity contribution < 1.29 is 14.3 Å². The number of guanidine groups is 1. The number of likely N-dealkylation sites (tertiary alicyclic amines) is 1. The van der Waals surface area contributed by atoms with Crippen molar-refractivity contribution in [1.29, 1.82) is 0 Å². The maximum Gasteiger partial charge on any atom is 0.233 e. The summed E-state index contributed by atoms with van der Waals surface area (Å²) in [5, 5.41) is 6.71. The summed E-state index contributed by atoms with van der Waals surface area (Å²) in [6.45, 7) is 1.63. The Labute approximate surface area is 197 Å². The van der Waals surface area contributed by atoms with Gasteiger partial charge in [0.05, 0.1) is 18.4 Å². The molecule has 3 aliphatic rings. The summed E-state index contributed by atoms with van der Waals surface area (Å²) < 4.78 is 5.52. The van der Waals surface area contributed by atoms with Crippen LogP contribution in [0.4, 0.5) is 0 Å². The van der Waals surface area contributed by atoms with Crippen LogP contribution < -0.4 is 15.4 Å². The SMILES string of the molecule is CN=C(NCCOc1ncccc1Cl)NCCN1C(=O)C2C3C=CC(C3)C2C1=O.I. The van der Waals surface area contributed by atoms with E-state index >= 15 is 0 Å². The van der Waals surface area contributed by atoms with Crippen LogP contribution in [0.15, 0.2) is 35.5 Å². The molecule has 4 unspecified atom stereocenters. The highest BCUT2D eigenvalue weighted by Crippen LogP contribution is 2.52. The Morgan fingerprint density at radius 2 is 1.90 bits per heavy atom. The molecule has 2 amide bonds. The number of amides is 2. The van der Waals surface area contributed by atoms with E-state index in [2.05, 4.69) is 32.8 Å². The zero-order chi connectivity index (χ0) is 20.4. The normalized spacial score (nSPS) is 26.6. The number of aromatic nitrogens is 1. The smallest absolute Gasteiger partial charge is 0.233 e. The first-order valence-electron chi connectivity index (χ1n) is 9.81. The number of rotatable bonds is 7. The lowest BCUT2D eigenvalue weighted by atomic mass is 9.85. The fourth-order valence-corrected chi connectivity index (χ4v) is 4.66. The highest BCUT2D eigenvalue weighted by atomic mass is 127. The van der Waals surface area contributed by atoms with Gasteiger partial charge in [0, 0.05) is 26.3 Å². The third-order valence-electron chi connectivity index (χ3n) is 5.77. The molecule has 0 spiro atoms. The number of imide groups is 1. The lowest BCUT2D eigenvalue weighted by Crippen LogP contribution is -2.44. The highest BCUT2D eigenvalue weighted by molar-refractivity contribution is 14.0. The second-order valence-electron chi connectivity index (χ2n) is 7.39. The Kier molecular flexibility index (Phi) is 7.56. The van der Waals surface area contributed by atoms with E-state index < -0.39 is 0 Å². The van der Waals surface area contributed by atoms with E-state index in [-0.39, 0.29) is 59.5 Å². The molecule has 162 valence electrons. The first kappa shape index (κ1) is 22.8. The third-order valence-corrected chi connectivity index (χ3v) is 6.06. The molecular formula is C20H25ClIN5O3. The predicted octanol–water partition coefficient (Wildman–Crippen LogP) is 1.70. The second kappa shape index (κ2) is 9.95. The summed E-state index contributed by atoms with van der Waals surface area (Å²) in [6, 6.07) is 3.46. The summed E-state index contributed by atoms with van der Waals surface area (Å²) >= 11 is 6.00. The van der Waals surface area contributed by atoms with Gasteiger partial charge in [-0.3, -0.25) is 19.5 Å². The van der Waals surface area contributed by atoms with Crippen molar-refractivity contribution in [1.82, 2.24) is 20.5 Å². The predicted molar refractivity (Wildman–Crippen MR) is 124 cm³/mol. The molecule has 1 aliphatic heterocycles. The van der Waals surface area contributed by atoms with Gasteiger partial charge in [0.15, 0.2) is 5.96 Å². The maximum absolute atomic E-state index is 12.7. The molecule has 1 saturated heterocycles. The fourth-order valence-electron chi connectivity index (χ4n) is 4.49. The van der Waals surface area contributed by atoms with Gasteiger partial charge in [-0.05, 0) is 30.4 Å². The van der Waals surface area contributed by atoms with Gasteiger partial charge in [-0.15, -0.1) is 24.0 Å². The first-order chi connectivity index (χ1) is 14.1. The van der Waals surface area contributed by atoms with Gasteiger partial charge in [0.25, 0.3) is 0 Å². The molecule has 10 heteroatoms. The van der Waals surface area contributed by atoms with E-state index in [1.165, 1.54) is 4.90 Å². The summed E-state index contributed by atoms with van der Waals surface area (Å²) in [7, 11) is 1.66. The molecule has 0 aromatic carbocycles. The molecule has 1 aromatic heterocycles. The maximum atomic E-state index is 12.7. The van der Waals surface area contributed by atoms with E-state index in [9.17, 15) is 9.59 Å². The Morgan fingerprint density at radius 1 is 1.23 bits per heavy atom. The lowest BCUT2D eigenvalue weighted by molar-refractivity contribution is -0.140. The largest absolute Gasteiger partial charge is 0.475 e. The Morgan fingerprint density at radius 3 is 2.53 bits per heavy atom. The van der Waals surface area contributed by atoms with Crippen LogP contribution in [-0.4, -0.2) is 60.9 Å². The number of nitrogens with one attached hydrogen (secondary N) is 2. The Bertz CT molecular complexity index is 835. The summed E-state index contributed by atoms with van der Waals surface area (Å²) in [6.07, 6.45) is 6.77. The number of halogens is 2. The summed E-state index contributed by atoms with van der Waals surface area (Å²) in [4.78, 5) is 35.0. The minimum Gasteiger partial charge on any atom is -0.475 e. The topological polar surface area (TPSA) is 95.9 Å². The molecule has 0 radical (unpaired) electrons. The highest BCUT2D eigenvalue weighted by Gasteiger charge is 2.58. The Balaban J connectivity index is 0.00000256. The number of pyridine rings is 1. The molecule has 4 atom stereocenters. The molecule has 1 aromatic rings. The molecule has 2 heterocycles. The van der Waals surface area contributed by atoms with Crippen LogP contribution in [0, 0.1) is 23.7 Å². The van der Waals surface area contributed by atoms with Gasteiger partial charge in [-0.2, -0.15) is 0 Å². The van der Waals surface area contributed by atoms with Crippen LogP contribution in [0.1, 0.15) is 6.42 Å². The average Bonchev–Trinajstić information content (AvgIpc) is 3.40. The number of hydrogen-bond donors (Lipinski definition) is 2. The molecule has 2 fully saturated rings. The van der Waals surface area contributed by atoms with Gasteiger partial charge in [0.1, 0.15) is 11.6 Å². The Hall–Kier alpha value is -1.88. The molecule has 2 bridgehead atoms. The van der Waals surface area contributed by atoms with Gasteiger partial charge in [-0.1, -0.05) is 23.8 Å². The molecular weight excluding hydrogens is 521 g/mol. The third kappa shape index (κ3) is 4.41. The minimum atomic E-state index is -0.148. The van der Waals surface area contributed by atoms with Crippen molar-refractivity contribution in [3.05, 3.63) is 35.5 Å². The van der Waals surface area contributed by atoms with Crippen molar-refractivity contribution in [3.63, 3.8) is 0 Å². The number of allylic oxidation sites excluding steroid dienone is 2. The van der Waals surface area contributed by atoms with Crippen molar-refractivity contribution in [2.24, 2.45) is 28.7 Å². The summed E-state index contributed by atoms with van der Waals surface area (Å²) in [5.74, 6) is 1.09. The van der Waals surface area contributed by atoms with Gasteiger partial charge in [0.2, 0.25) is 17.7 Å². The van der Waals surface area contributed by atoms with Gasteiger partial charge < -0.3 is 15.4 Å². The lowest BCUT2D eigenvalue weighted by Gasteiger charge is -2.18. The molecule has 1 saturated carbocycles. The zero-order valence-corrected chi connectivity index (χ0v) is 19.7. The van der Waals surface area contributed by atoms with Crippen molar-refractivity contribution in [2.75, 3.05) is 33.3 Å². The van der Waals surface area contributed by atoms with Crippen LogP contribution in [-0.2, 0) is 9.59 Å². The van der Waals surface area contributed by atoms with Crippen molar-refractivity contribution in [2.45, 2.75) is 6.42 Å². The quantitative estimate of drug-likeness (QED) is 0.135. The molecule has 2 aliphatic carbocycles. The molecule has 2 N–H and O–H groups in total. The van der Waals surface area contributed by atoms with Crippen LogP contribution >= 0.6 is 35.6 Å². The standard InChI is InChI=1S/C20H24ClN5O3.HI/c1-22-20(25-8-10-29-17-14(21)3-2-6-23-17)24-7-9-26-18(27)15-12-4-5-13(11-12)16(15)19(26)28;/h2-6,12-13,15-16H,7-11H2,1H3,(H2,22,24,25);1H. The van der Waals surface area contributed by atoms with Crippen LogP contribution in [0.5, 0.6) is 5.88 Å². The second-order valence-corrected chi connectivity index (χ2v) is 7.80. The fraction of sp³-hybridized carbons (Fsp3) is 0.500. The van der Waals surface area contributed by atoms with Crippen LogP contribution in [0.3, 0.4) is 0 Å². The van der Waals surface area contributed by atoms with Crippen molar-refractivity contribution in [3.8, 4) is 5.88 Å². The minimum absolute atomic E-state index is 0. The van der Waals surface area contributed by atoms with E-state index in [0.717, 1.165) is 6.42 Å². The number of hydrogen-bond acceptors (Lipinski definition) is 5. The molecule has 8 nitrogen and oxygen atoms in total. The van der Waals surface area contributed by atoms with Crippen LogP contribution in [0.2, 0.25) is 5.02 Å². The number of ether oxygens (including phenoxy) is 1. The number of nitrogens with zero attached hydrogens (tertiary/aromatic N) is 3. The monoisotopic (exact) mass is 545 g/mol. The number of carbonyl (C=O) groups excluding carboxylic acids is 2. The van der Waals surface area contributed by atoms with Gasteiger partial charge in [-0.25, -0.2) is 4.98 Å². The zero-order valence-electron chi connectivity index (χ0n) is 16.6. The van der Waals surface area contributed by atoms with E-state index in [1.807, 2.05) is 0 Å². The average molecular weight is 546 g/mol.